The quantitative estimate of drug-likeness (QED) is 0.615. The van der Waals surface area contributed by atoms with Gasteiger partial charge in [0.25, 0.3) is 0 Å². The SMILES string of the molecule is CSCCc1nc2c3c(ncn2c1OC(C)=O)-c1ccccc1N(C(C)=O)CC3. The number of anilines is 1. The van der Waals surface area contributed by atoms with Crippen LogP contribution in [0.4, 0.5) is 5.69 Å². The maximum Gasteiger partial charge on any atom is 0.309 e. The summed E-state index contributed by atoms with van der Waals surface area (Å²) in [6, 6.07) is 7.78. The number of benzene rings is 1. The molecule has 1 amide bonds. The van der Waals surface area contributed by atoms with Crippen LogP contribution in [0.2, 0.25) is 0 Å². The van der Waals surface area contributed by atoms with Crippen LogP contribution in [-0.2, 0) is 22.4 Å². The fraction of sp³-hybridized carbons (Fsp3) is 0.333. The van der Waals surface area contributed by atoms with Gasteiger partial charge in [0, 0.05) is 37.9 Å². The molecule has 0 radical (unpaired) electrons. The van der Waals surface area contributed by atoms with E-state index < -0.39 is 0 Å². The zero-order valence-corrected chi connectivity index (χ0v) is 17.5. The van der Waals surface area contributed by atoms with Crippen molar-refractivity contribution in [1.29, 1.82) is 0 Å². The summed E-state index contributed by atoms with van der Waals surface area (Å²) in [6.45, 7) is 3.50. The third kappa shape index (κ3) is 3.48. The van der Waals surface area contributed by atoms with Gasteiger partial charge < -0.3 is 9.64 Å². The van der Waals surface area contributed by atoms with Gasteiger partial charge in [-0.05, 0) is 24.5 Å². The lowest BCUT2D eigenvalue weighted by Crippen LogP contribution is -2.30. The molecule has 0 spiro atoms. The Morgan fingerprint density at radius 2 is 2.03 bits per heavy atom. The number of hydrogen-bond acceptors (Lipinski definition) is 6. The lowest BCUT2D eigenvalue weighted by atomic mass is 10.0. The number of rotatable bonds is 4. The maximum absolute atomic E-state index is 12.3. The van der Waals surface area contributed by atoms with E-state index in [2.05, 4.69) is 0 Å². The van der Waals surface area contributed by atoms with Gasteiger partial charge in [-0.1, -0.05) is 18.2 Å². The zero-order valence-electron chi connectivity index (χ0n) is 16.6. The first-order chi connectivity index (χ1) is 14.0. The normalized spacial score (nSPS) is 13.0. The van der Waals surface area contributed by atoms with Crippen molar-refractivity contribution < 1.29 is 14.3 Å². The van der Waals surface area contributed by atoms with Crippen LogP contribution in [0, 0.1) is 0 Å². The molecule has 150 valence electrons. The number of nitrogens with zero attached hydrogens (tertiary/aromatic N) is 4. The van der Waals surface area contributed by atoms with Crippen LogP contribution < -0.4 is 9.64 Å². The van der Waals surface area contributed by atoms with Gasteiger partial charge in [0.05, 0.1) is 11.4 Å². The molecule has 2 aromatic heterocycles. The molecule has 3 heterocycles. The third-order valence-corrected chi connectivity index (χ3v) is 5.60. The molecule has 0 atom stereocenters. The smallest absolute Gasteiger partial charge is 0.309 e. The molecule has 3 aromatic rings. The van der Waals surface area contributed by atoms with E-state index >= 15 is 0 Å². The number of imidazole rings is 1. The molecule has 1 aliphatic heterocycles. The van der Waals surface area contributed by atoms with E-state index in [1.807, 2.05) is 30.5 Å². The highest BCUT2D eigenvalue weighted by Crippen LogP contribution is 2.37. The van der Waals surface area contributed by atoms with Crippen molar-refractivity contribution in [2.75, 3.05) is 23.5 Å². The lowest BCUT2D eigenvalue weighted by Gasteiger charge is -2.20. The van der Waals surface area contributed by atoms with Crippen molar-refractivity contribution in [1.82, 2.24) is 14.4 Å². The number of aromatic nitrogens is 3. The Labute approximate surface area is 173 Å². The summed E-state index contributed by atoms with van der Waals surface area (Å²) in [5.74, 6) is 0.901. The predicted octanol–water partition coefficient (Wildman–Crippen LogP) is 3.14. The van der Waals surface area contributed by atoms with Crippen LogP contribution in [0.3, 0.4) is 0 Å². The largest absolute Gasteiger partial charge is 0.407 e. The van der Waals surface area contributed by atoms with Crippen molar-refractivity contribution in [3.8, 4) is 17.1 Å². The molecule has 0 fully saturated rings. The summed E-state index contributed by atoms with van der Waals surface area (Å²) in [5.41, 5.74) is 4.98. The minimum atomic E-state index is -0.389. The first-order valence-electron chi connectivity index (χ1n) is 9.45. The zero-order chi connectivity index (χ0) is 20.5. The minimum absolute atomic E-state index is 0.00844. The van der Waals surface area contributed by atoms with E-state index in [0.717, 1.165) is 39.6 Å². The molecule has 4 rings (SSSR count). The number of fused-ring (bicyclic) bond motifs is 5. The fourth-order valence-electron chi connectivity index (χ4n) is 3.73. The van der Waals surface area contributed by atoms with E-state index in [-0.39, 0.29) is 11.9 Å². The summed E-state index contributed by atoms with van der Waals surface area (Å²) >= 11 is 1.71. The summed E-state index contributed by atoms with van der Waals surface area (Å²) in [6.07, 6.45) is 4.99. The molecule has 29 heavy (non-hydrogen) atoms. The van der Waals surface area contributed by atoms with Gasteiger partial charge in [-0.15, -0.1) is 0 Å². The average Bonchev–Trinajstić information content (AvgIpc) is 2.93. The molecule has 7 nitrogen and oxygen atoms in total. The standard InChI is InChI=1S/C21H22N4O3S/c1-13(26)24-10-8-16-19(15-6-4-5-7-18(15)24)22-12-25-20(16)23-17(9-11-29-3)21(25)28-14(2)27/h4-7,12H,8-11H2,1-3H3. The van der Waals surface area contributed by atoms with Crippen molar-refractivity contribution in [3.63, 3.8) is 0 Å². The van der Waals surface area contributed by atoms with Gasteiger partial charge in [-0.2, -0.15) is 11.8 Å². The van der Waals surface area contributed by atoms with Crippen molar-refractivity contribution in [2.24, 2.45) is 0 Å². The number of thioether (sulfide) groups is 1. The second kappa shape index (κ2) is 7.87. The van der Waals surface area contributed by atoms with Gasteiger partial charge in [0.15, 0.2) is 0 Å². The number of carbonyl (C=O) groups excluding carboxylic acids is 2. The highest BCUT2D eigenvalue weighted by Gasteiger charge is 2.27. The molecular formula is C21H22N4O3S. The van der Waals surface area contributed by atoms with Crippen molar-refractivity contribution in [3.05, 3.63) is 41.9 Å². The number of aryl methyl sites for hydroxylation is 1. The van der Waals surface area contributed by atoms with Crippen LogP contribution in [-0.4, -0.2) is 44.8 Å². The molecule has 0 unspecified atom stereocenters. The molecule has 0 saturated carbocycles. The molecule has 1 aromatic carbocycles. The highest BCUT2D eigenvalue weighted by molar-refractivity contribution is 7.98. The first-order valence-corrected chi connectivity index (χ1v) is 10.8. The van der Waals surface area contributed by atoms with Crippen molar-refractivity contribution >= 4 is 35.0 Å². The summed E-state index contributed by atoms with van der Waals surface area (Å²) in [7, 11) is 0. The Bertz CT molecular complexity index is 1110. The van der Waals surface area contributed by atoms with Crippen molar-refractivity contribution in [2.45, 2.75) is 26.7 Å². The summed E-state index contributed by atoms with van der Waals surface area (Å²) < 4.78 is 7.25. The second-order valence-corrected chi connectivity index (χ2v) is 7.89. The number of amides is 1. The molecule has 0 saturated heterocycles. The Morgan fingerprint density at radius 3 is 2.76 bits per heavy atom. The Balaban J connectivity index is 1.93. The van der Waals surface area contributed by atoms with Gasteiger partial charge in [-0.3, -0.25) is 14.0 Å². The number of esters is 1. The fourth-order valence-corrected chi connectivity index (χ4v) is 4.13. The lowest BCUT2D eigenvalue weighted by molar-refractivity contribution is -0.132. The van der Waals surface area contributed by atoms with E-state index in [9.17, 15) is 9.59 Å². The van der Waals surface area contributed by atoms with Crippen LogP contribution in [0.5, 0.6) is 5.88 Å². The third-order valence-electron chi connectivity index (χ3n) is 4.99. The molecule has 0 N–H and O–H groups in total. The first kappa shape index (κ1) is 19.4. The minimum Gasteiger partial charge on any atom is -0.407 e. The monoisotopic (exact) mass is 410 g/mol. The second-order valence-electron chi connectivity index (χ2n) is 6.90. The molecule has 0 aliphatic carbocycles. The van der Waals surface area contributed by atoms with E-state index in [1.165, 1.54) is 6.92 Å². The number of carbonyl (C=O) groups is 2. The Morgan fingerprint density at radius 1 is 1.24 bits per heavy atom. The van der Waals surface area contributed by atoms with Crippen LogP contribution in [0.15, 0.2) is 30.6 Å². The van der Waals surface area contributed by atoms with E-state index in [4.69, 9.17) is 14.7 Å². The molecule has 1 aliphatic rings. The number of ether oxygens (including phenoxy) is 1. The van der Waals surface area contributed by atoms with Gasteiger partial charge in [0.1, 0.15) is 17.7 Å². The Hall–Kier alpha value is -2.87. The molecular weight excluding hydrogens is 388 g/mol. The van der Waals surface area contributed by atoms with E-state index in [0.29, 0.717) is 25.3 Å². The topological polar surface area (TPSA) is 76.8 Å². The van der Waals surface area contributed by atoms with Crippen LogP contribution in [0.1, 0.15) is 25.1 Å². The number of para-hydroxylation sites is 1. The van der Waals surface area contributed by atoms with Gasteiger partial charge in [-0.25, -0.2) is 9.97 Å². The molecule has 0 bridgehead atoms. The van der Waals surface area contributed by atoms with E-state index in [1.54, 1.807) is 34.3 Å². The van der Waals surface area contributed by atoms with Gasteiger partial charge in [0.2, 0.25) is 11.8 Å². The number of hydrogen-bond donors (Lipinski definition) is 0. The molecule has 8 heteroatoms. The summed E-state index contributed by atoms with van der Waals surface area (Å²) in [5, 5.41) is 0. The van der Waals surface area contributed by atoms with Gasteiger partial charge >= 0.3 is 5.97 Å². The Kier molecular flexibility index (Phi) is 5.27. The summed E-state index contributed by atoms with van der Waals surface area (Å²) in [4.78, 5) is 35.2. The average molecular weight is 410 g/mol. The van der Waals surface area contributed by atoms with Crippen LogP contribution in [0.25, 0.3) is 16.9 Å². The predicted molar refractivity (Wildman–Crippen MR) is 114 cm³/mol. The highest BCUT2D eigenvalue weighted by atomic mass is 32.2. The van der Waals surface area contributed by atoms with Crippen LogP contribution >= 0.6 is 11.8 Å². The maximum atomic E-state index is 12.3.